The van der Waals surface area contributed by atoms with E-state index in [0.717, 1.165) is 50.2 Å². The van der Waals surface area contributed by atoms with Gasteiger partial charge in [-0.05, 0) is 105 Å². The molecule has 0 saturated heterocycles. The molecule has 0 spiro atoms. The Morgan fingerprint density at radius 1 is 0.250 bits per heavy atom. The first-order valence-corrected chi connectivity index (χ1v) is 21.7. The molecule has 2 heterocycles. The Bertz CT molecular complexity index is 3740. The maximum absolute atomic E-state index is 5.37. The van der Waals surface area contributed by atoms with Crippen LogP contribution in [0.1, 0.15) is 0 Å². The van der Waals surface area contributed by atoms with Crippen LogP contribution in [0.4, 0.5) is 0 Å². The molecule has 298 valence electrons. The van der Waals surface area contributed by atoms with E-state index in [2.05, 4.69) is 223 Å². The molecule has 10 aromatic carbocycles. The van der Waals surface area contributed by atoms with Gasteiger partial charge in [-0.25, -0.2) is 9.97 Å². The van der Waals surface area contributed by atoms with Gasteiger partial charge in [0.2, 0.25) is 0 Å². The lowest BCUT2D eigenvalue weighted by Gasteiger charge is -2.13. The number of nitrogens with zero attached hydrogens (tertiary/aromatic N) is 3. The third-order valence-corrected chi connectivity index (χ3v) is 12.6. The van der Waals surface area contributed by atoms with E-state index in [1.165, 1.54) is 64.8 Å². The van der Waals surface area contributed by atoms with Crippen LogP contribution < -0.4 is 0 Å². The Kier molecular flexibility index (Phi) is 9.16. The zero-order valence-electron chi connectivity index (χ0n) is 34.9. The van der Waals surface area contributed by atoms with Gasteiger partial charge in [-0.15, -0.1) is 0 Å². The fraction of sp³-hybridized carbons (Fsp3) is 0. The van der Waals surface area contributed by atoms with E-state index in [1.807, 2.05) is 12.3 Å². The molecule has 0 saturated carbocycles. The minimum absolute atomic E-state index is 0.666. The quantitative estimate of drug-likeness (QED) is 0.174. The standard InChI is InChI=1S/C61H39N3/c1-2-16-47-41(13-1)14-11-25-48(47)42-28-30-43(31-29-42)59-38-60(64-61(63-59)44-32-26-40(27-33-44)46-15-12-36-62-39-46)45-34-35-57-55-23-8-7-21-53(55)51-19-4-3-17-49(51)50-18-5-6-20-52(50)54-22-9-10-24-56(54)58(57)37-45/h1-39H. The summed E-state index contributed by atoms with van der Waals surface area (Å²) in [5, 5.41) is 14.4. The highest BCUT2D eigenvalue weighted by molar-refractivity contribution is 6.26. The minimum Gasteiger partial charge on any atom is -0.264 e. The van der Waals surface area contributed by atoms with E-state index >= 15 is 0 Å². The van der Waals surface area contributed by atoms with Gasteiger partial charge in [-0.1, -0.05) is 206 Å². The largest absolute Gasteiger partial charge is 0.264 e. The maximum Gasteiger partial charge on any atom is 0.160 e. The van der Waals surface area contributed by atoms with Crippen LogP contribution in [0.2, 0.25) is 0 Å². The molecule has 0 bridgehead atoms. The van der Waals surface area contributed by atoms with Crippen molar-refractivity contribution in [1.82, 2.24) is 15.0 Å². The Hall–Kier alpha value is -8.53. The number of aromatic nitrogens is 3. The topological polar surface area (TPSA) is 38.7 Å². The van der Waals surface area contributed by atoms with Crippen LogP contribution in [0.15, 0.2) is 237 Å². The molecular weight excluding hydrogens is 775 g/mol. The molecule has 0 N–H and O–H groups in total. The molecule has 0 aliphatic rings. The molecule has 0 unspecified atom stereocenters. The van der Waals surface area contributed by atoms with E-state index in [1.54, 1.807) is 6.20 Å². The first kappa shape index (κ1) is 37.2. The summed E-state index contributed by atoms with van der Waals surface area (Å²) in [4.78, 5) is 15.0. The molecule has 0 aliphatic heterocycles. The third kappa shape index (κ3) is 6.59. The third-order valence-electron chi connectivity index (χ3n) is 12.6. The summed E-state index contributed by atoms with van der Waals surface area (Å²) in [6, 6.07) is 80.7. The molecule has 0 fully saturated rings. The van der Waals surface area contributed by atoms with Crippen molar-refractivity contribution in [3.05, 3.63) is 237 Å². The number of fused-ring (bicyclic) bond motifs is 11. The normalized spacial score (nSPS) is 11.4. The van der Waals surface area contributed by atoms with Crippen LogP contribution in [0.5, 0.6) is 0 Å². The fourth-order valence-electron chi connectivity index (χ4n) is 9.49. The smallest absolute Gasteiger partial charge is 0.160 e. The van der Waals surface area contributed by atoms with Gasteiger partial charge in [-0.3, -0.25) is 4.98 Å². The van der Waals surface area contributed by atoms with Crippen molar-refractivity contribution >= 4 is 64.6 Å². The second-order valence-electron chi connectivity index (χ2n) is 16.3. The van der Waals surface area contributed by atoms with Crippen molar-refractivity contribution in [3.8, 4) is 56.2 Å². The monoisotopic (exact) mass is 813 g/mol. The number of benzene rings is 9. The molecule has 0 amide bonds. The summed E-state index contributed by atoms with van der Waals surface area (Å²) >= 11 is 0. The average molecular weight is 814 g/mol. The summed E-state index contributed by atoms with van der Waals surface area (Å²) in [5.41, 5.74) is 9.22. The molecule has 64 heavy (non-hydrogen) atoms. The van der Waals surface area contributed by atoms with Gasteiger partial charge in [0.1, 0.15) is 0 Å². The summed E-state index contributed by atoms with van der Waals surface area (Å²) in [7, 11) is 0. The number of rotatable bonds is 5. The van der Waals surface area contributed by atoms with E-state index in [0.29, 0.717) is 5.82 Å². The summed E-state index contributed by atoms with van der Waals surface area (Å²) in [5.74, 6) is 0.666. The van der Waals surface area contributed by atoms with Crippen molar-refractivity contribution in [3.63, 3.8) is 0 Å². The van der Waals surface area contributed by atoms with Crippen molar-refractivity contribution in [2.75, 3.05) is 0 Å². The predicted molar refractivity (Wildman–Crippen MR) is 270 cm³/mol. The summed E-state index contributed by atoms with van der Waals surface area (Å²) in [6.07, 6.45) is 3.69. The first-order chi connectivity index (χ1) is 31.7. The Morgan fingerprint density at radius 3 is 1.25 bits per heavy atom. The minimum atomic E-state index is 0.666. The van der Waals surface area contributed by atoms with Crippen molar-refractivity contribution < 1.29 is 0 Å². The number of pyridine rings is 1. The molecule has 2 aromatic heterocycles. The Balaban J connectivity index is 1.10. The highest BCUT2D eigenvalue weighted by Gasteiger charge is 2.15. The molecule has 3 heteroatoms. The second kappa shape index (κ2) is 15.7. The average Bonchev–Trinajstić information content (AvgIpc) is 3.38. The van der Waals surface area contributed by atoms with E-state index < -0.39 is 0 Å². The zero-order chi connectivity index (χ0) is 42.4. The number of hydrogen-bond acceptors (Lipinski definition) is 3. The van der Waals surface area contributed by atoms with Crippen molar-refractivity contribution in [2.45, 2.75) is 0 Å². The maximum atomic E-state index is 5.37. The lowest BCUT2D eigenvalue weighted by Crippen LogP contribution is -1.96. The van der Waals surface area contributed by atoms with E-state index in [9.17, 15) is 0 Å². The molecule has 0 aliphatic carbocycles. The molecule has 0 atom stereocenters. The highest BCUT2D eigenvalue weighted by atomic mass is 14.9. The first-order valence-electron chi connectivity index (χ1n) is 21.7. The molecule has 3 nitrogen and oxygen atoms in total. The Labute approximate surface area is 371 Å². The molecular formula is C61H39N3. The van der Waals surface area contributed by atoms with Crippen molar-refractivity contribution in [1.29, 1.82) is 0 Å². The van der Waals surface area contributed by atoms with Crippen LogP contribution in [0, 0.1) is 0 Å². The van der Waals surface area contributed by atoms with Gasteiger partial charge in [0.25, 0.3) is 0 Å². The lowest BCUT2D eigenvalue weighted by molar-refractivity contribution is 1.18. The number of hydrogen-bond donors (Lipinski definition) is 0. The van der Waals surface area contributed by atoms with Crippen LogP contribution in [0.25, 0.3) is 121 Å². The second-order valence-corrected chi connectivity index (χ2v) is 16.3. The van der Waals surface area contributed by atoms with Crippen molar-refractivity contribution in [2.24, 2.45) is 0 Å². The van der Waals surface area contributed by atoms with Gasteiger partial charge in [0.15, 0.2) is 5.82 Å². The zero-order valence-corrected chi connectivity index (χ0v) is 34.9. The molecule has 0 radical (unpaired) electrons. The van der Waals surface area contributed by atoms with Gasteiger partial charge in [0.05, 0.1) is 11.4 Å². The van der Waals surface area contributed by atoms with Crippen LogP contribution in [-0.4, -0.2) is 15.0 Å². The van der Waals surface area contributed by atoms with Gasteiger partial charge >= 0.3 is 0 Å². The summed E-state index contributed by atoms with van der Waals surface area (Å²) < 4.78 is 0. The summed E-state index contributed by atoms with van der Waals surface area (Å²) in [6.45, 7) is 0. The van der Waals surface area contributed by atoms with Gasteiger partial charge < -0.3 is 0 Å². The van der Waals surface area contributed by atoms with E-state index in [-0.39, 0.29) is 0 Å². The lowest BCUT2D eigenvalue weighted by atomic mass is 9.93. The van der Waals surface area contributed by atoms with Crippen LogP contribution in [-0.2, 0) is 0 Å². The van der Waals surface area contributed by atoms with Gasteiger partial charge in [-0.2, -0.15) is 0 Å². The van der Waals surface area contributed by atoms with Crippen LogP contribution >= 0.6 is 0 Å². The molecule has 12 aromatic rings. The van der Waals surface area contributed by atoms with Gasteiger partial charge in [0, 0.05) is 29.1 Å². The molecule has 12 rings (SSSR count). The van der Waals surface area contributed by atoms with E-state index in [4.69, 9.17) is 9.97 Å². The Morgan fingerprint density at radius 2 is 0.688 bits per heavy atom. The van der Waals surface area contributed by atoms with Crippen LogP contribution in [0.3, 0.4) is 0 Å². The SMILES string of the molecule is c1cncc(-c2ccc(-c3nc(-c4ccc(-c5cccc6ccccc56)cc4)cc(-c4ccc5c6ccccc6c6ccccc6c6ccccc6c6ccccc6c5c4)n3)cc2)c1. The highest BCUT2D eigenvalue weighted by Crippen LogP contribution is 2.39. The predicted octanol–water partition coefficient (Wildman–Crippen LogP) is 16.3. The fourth-order valence-corrected chi connectivity index (χ4v) is 9.49.